The molecule has 5 rings (SSSR count). The third kappa shape index (κ3) is 3.25. The second-order valence-corrected chi connectivity index (χ2v) is 8.54. The minimum atomic E-state index is -0.372. The highest BCUT2D eigenvalue weighted by Gasteiger charge is 2.29. The predicted octanol–water partition coefficient (Wildman–Crippen LogP) is 3.39. The first-order valence-electron chi connectivity index (χ1n) is 10.2. The van der Waals surface area contributed by atoms with E-state index in [9.17, 15) is 9.59 Å². The Bertz CT molecular complexity index is 1390. The van der Waals surface area contributed by atoms with Crippen LogP contribution in [0.15, 0.2) is 64.2 Å². The van der Waals surface area contributed by atoms with Gasteiger partial charge in [0.2, 0.25) is 5.95 Å². The SMILES string of the molecule is C[C@H]1CN(c2ccc(Cl)cc2)c2nc3c(c(=O)n(Cc4ccccc4)c(=O)n3C)n2C1. The number of hydrogen-bond acceptors (Lipinski definition) is 4. The van der Waals surface area contributed by atoms with Crippen molar-refractivity contribution >= 4 is 34.4 Å². The van der Waals surface area contributed by atoms with E-state index in [1.165, 1.54) is 9.13 Å². The van der Waals surface area contributed by atoms with E-state index in [1.54, 1.807) is 7.05 Å². The molecule has 7 nitrogen and oxygen atoms in total. The van der Waals surface area contributed by atoms with Gasteiger partial charge in [-0.25, -0.2) is 4.79 Å². The van der Waals surface area contributed by atoms with Crippen molar-refractivity contribution in [3.05, 3.63) is 86.0 Å². The Morgan fingerprint density at radius 1 is 1.03 bits per heavy atom. The van der Waals surface area contributed by atoms with Crippen LogP contribution in [-0.4, -0.2) is 25.2 Å². The molecule has 0 radical (unpaired) electrons. The third-order valence-corrected chi connectivity index (χ3v) is 6.02. The molecule has 0 amide bonds. The fraction of sp³-hybridized carbons (Fsp3) is 0.261. The average Bonchev–Trinajstić information content (AvgIpc) is 3.15. The molecule has 0 spiro atoms. The van der Waals surface area contributed by atoms with Crippen LogP contribution in [0.5, 0.6) is 0 Å². The molecule has 8 heteroatoms. The lowest BCUT2D eigenvalue weighted by atomic mass is 10.1. The number of rotatable bonds is 3. The highest BCUT2D eigenvalue weighted by atomic mass is 35.5. The highest BCUT2D eigenvalue weighted by molar-refractivity contribution is 6.30. The molecule has 0 unspecified atom stereocenters. The summed E-state index contributed by atoms with van der Waals surface area (Å²) in [6.07, 6.45) is 0. The largest absolute Gasteiger partial charge is 0.332 e. The van der Waals surface area contributed by atoms with Gasteiger partial charge in [-0.15, -0.1) is 0 Å². The van der Waals surface area contributed by atoms with Gasteiger partial charge in [0.25, 0.3) is 5.56 Å². The lowest BCUT2D eigenvalue weighted by Gasteiger charge is -2.33. The molecule has 0 fully saturated rings. The molecule has 2 aromatic carbocycles. The Balaban J connectivity index is 1.73. The smallest absolute Gasteiger partial charge is 0.312 e. The van der Waals surface area contributed by atoms with Gasteiger partial charge in [-0.3, -0.25) is 13.9 Å². The Hall–Kier alpha value is -3.32. The lowest BCUT2D eigenvalue weighted by Crippen LogP contribution is -2.40. The van der Waals surface area contributed by atoms with Crippen molar-refractivity contribution in [2.45, 2.75) is 20.0 Å². The van der Waals surface area contributed by atoms with Gasteiger partial charge >= 0.3 is 5.69 Å². The van der Waals surface area contributed by atoms with Crippen LogP contribution in [0.4, 0.5) is 11.6 Å². The summed E-state index contributed by atoms with van der Waals surface area (Å²) in [5, 5.41) is 0.661. The maximum atomic E-state index is 13.5. The summed E-state index contributed by atoms with van der Waals surface area (Å²) in [7, 11) is 1.67. The normalized spacial score (nSPS) is 16.0. The second-order valence-electron chi connectivity index (χ2n) is 8.11. The number of aromatic nitrogens is 4. The van der Waals surface area contributed by atoms with Gasteiger partial charge in [0.15, 0.2) is 11.2 Å². The standard InChI is InChI=1S/C23H22ClN5O2/c1-15-12-27(18-10-8-17(24)9-11-18)22-25-20-19(28(22)13-15)21(30)29(23(31)26(20)2)14-16-6-4-3-5-7-16/h3-11,15H,12-14H2,1-2H3/t15-/m0/s1. The molecule has 0 saturated carbocycles. The third-order valence-electron chi connectivity index (χ3n) is 5.76. The van der Waals surface area contributed by atoms with E-state index in [1.807, 2.05) is 59.2 Å². The summed E-state index contributed by atoms with van der Waals surface area (Å²) in [6, 6.07) is 17.1. The Morgan fingerprint density at radius 2 is 1.74 bits per heavy atom. The van der Waals surface area contributed by atoms with Crippen LogP contribution in [0, 0.1) is 5.92 Å². The number of imidazole rings is 1. The zero-order valence-corrected chi connectivity index (χ0v) is 18.1. The minimum absolute atomic E-state index is 0.221. The number of nitrogens with zero attached hydrogens (tertiary/aromatic N) is 5. The molecule has 1 aliphatic rings. The monoisotopic (exact) mass is 435 g/mol. The van der Waals surface area contributed by atoms with Crippen molar-refractivity contribution in [1.29, 1.82) is 0 Å². The first-order chi connectivity index (χ1) is 14.9. The Morgan fingerprint density at radius 3 is 2.45 bits per heavy atom. The quantitative estimate of drug-likeness (QED) is 0.495. The summed E-state index contributed by atoms with van der Waals surface area (Å²) >= 11 is 6.07. The molecule has 0 bridgehead atoms. The molecule has 2 aromatic heterocycles. The summed E-state index contributed by atoms with van der Waals surface area (Å²) in [5.41, 5.74) is 2.02. The average molecular weight is 436 g/mol. The molecule has 0 saturated heterocycles. The molecular weight excluding hydrogens is 414 g/mol. The molecule has 3 heterocycles. The Labute approximate surface area is 183 Å². The minimum Gasteiger partial charge on any atom is -0.312 e. The fourth-order valence-electron chi connectivity index (χ4n) is 4.25. The van der Waals surface area contributed by atoms with Crippen molar-refractivity contribution in [2.24, 2.45) is 13.0 Å². The number of anilines is 2. The number of fused-ring (bicyclic) bond motifs is 3. The van der Waals surface area contributed by atoms with Gasteiger partial charge in [-0.1, -0.05) is 48.9 Å². The molecule has 1 atom stereocenters. The van der Waals surface area contributed by atoms with Crippen LogP contribution < -0.4 is 16.1 Å². The molecule has 0 aliphatic carbocycles. The maximum Gasteiger partial charge on any atom is 0.332 e. The number of hydrogen-bond donors (Lipinski definition) is 0. The van der Waals surface area contributed by atoms with Gasteiger partial charge in [0, 0.05) is 30.8 Å². The van der Waals surface area contributed by atoms with Crippen molar-refractivity contribution in [3.8, 4) is 0 Å². The lowest BCUT2D eigenvalue weighted by molar-refractivity contribution is 0.458. The van der Waals surface area contributed by atoms with Gasteiger partial charge in [0.1, 0.15) is 0 Å². The van der Waals surface area contributed by atoms with E-state index in [0.717, 1.165) is 17.8 Å². The van der Waals surface area contributed by atoms with Gasteiger partial charge in [0.05, 0.1) is 6.54 Å². The van der Waals surface area contributed by atoms with Crippen LogP contribution in [0.1, 0.15) is 12.5 Å². The second kappa shape index (κ2) is 7.42. The fourth-order valence-corrected chi connectivity index (χ4v) is 4.38. The maximum absolute atomic E-state index is 13.5. The molecule has 4 aromatic rings. The van der Waals surface area contributed by atoms with Crippen LogP contribution in [0.2, 0.25) is 5.02 Å². The van der Waals surface area contributed by atoms with Crippen molar-refractivity contribution < 1.29 is 0 Å². The van der Waals surface area contributed by atoms with Gasteiger partial charge < -0.3 is 9.47 Å². The van der Waals surface area contributed by atoms with Crippen molar-refractivity contribution in [3.63, 3.8) is 0 Å². The predicted molar refractivity (Wildman–Crippen MR) is 122 cm³/mol. The first kappa shape index (κ1) is 19.6. The molecule has 1 aliphatic heterocycles. The summed E-state index contributed by atoms with van der Waals surface area (Å²) in [4.78, 5) is 33.3. The molecular formula is C23H22ClN5O2. The van der Waals surface area contributed by atoms with E-state index in [2.05, 4.69) is 11.8 Å². The summed E-state index contributed by atoms with van der Waals surface area (Å²) < 4.78 is 4.70. The zero-order chi connectivity index (χ0) is 21.7. The van der Waals surface area contributed by atoms with Crippen LogP contribution in [0.25, 0.3) is 11.2 Å². The van der Waals surface area contributed by atoms with Crippen LogP contribution in [-0.2, 0) is 20.1 Å². The van der Waals surface area contributed by atoms with E-state index < -0.39 is 0 Å². The van der Waals surface area contributed by atoms with Crippen LogP contribution in [0.3, 0.4) is 0 Å². The molecule has 0 N–H and O–H groups in total. The van der Waals surface area contributed by atoms with E-state index in [-0.39, 0.29) is 17.8 Å². The van der Waals surface area contributed by atoms with Gasteiger partial charge in [-0.05, 0) is 35.7 Å². The van der Waals surface area contributed by atoms with Crippen LogP contribution >= 0.6 is 11.6 Å². The number of benzene rings is 2. The topological polar surface area (TPSA) is 65.1 Å². The van der Waals surface area contributed by atoms with E-state index in [4.69, 9.17) is 16.6 Å². The highest BCUT2D eigenvalue weighted by Crippen LogP contribution is 2.33. The molecule has 31 heavy (non-hydrogen) atoms. The van der Waals surface area contributed by atoms with Crippen molar-refractivity contribution in [1.82, 2.24) is 18.7 Å². The van der Waals surface area contributed by atoms with E-state index >= 15 is 0 Å². The first-order valence-corrected chi connectivity index (χ1v) is 10.6. The molecule has 158 valence electrons. The van der Waals surface area contributed by atoms with Crippen molar-refractivity contribution in [2.75, 3.05) is 11.4 Å². The number of aryl methyl sites for hydroxylation is 1. The van der Waals surface area contributed by atoms with Gasteiger partial charge in [-0.2, -0.15) is 4.98 Å². The zero-order valence-electron chi connectivity index (χ0n) is 17.3. The number of halogens is 1. The summed E-state index contributed by atoms with van der Waals surface area (Å²) in [5.74, 6) is 0.958. The van der Waals surface area contributed by atoms with E-state index in [0.29, 0.717) is 34.6 Å². The summed E-state index contributed by atoms with van der Waals surface area (Å²) in [6.45, 7) is 3.78. The Kier molecular flexibility index (Phi) is 4.70.